The molecule has 1 aromatic carbocycles. The molecule has 0 bridgehead atoms. The van der Waals surface area contributed by atoms with Gasteiger partial charge in [-0.25, -0.2) is 0 Å². The summed E-state index contributed by atoms with van der Waals surface area (Å²) in [5.74, 6) is 1.95. The number of rotatable bonds is 6. The average molecular weight is 288 g/mol. The lowest BCUT2D eigenvalue weighted by Gasteiger charge is -2.18. The molecule has 0 radical (unpaired) electrons. The molecule has 0 fully saturated rings. The van der Waals surface area contributed by atoms with Crippen molar-refractivity contribution in [3.8, 4) is 17.2 Å². The third-order valence-electron chi connectivity index (χ3n) is 3.34. The van der Waals surface area contributed by atoms with Crippen LogP contribution < -0.4 is 19.9 Å². The van der Waals surface area contributed by atoms with Gasteiger partial charge in [0.1, 0.15) is 5.75 Å². The number of nitrogens with two attached hydrogens (primary N) is 1. The van der Waals surface area contributed by atoms with Gasteiger partial charge in [0, 0.05) is 30.1 Å². The van der Waals surface area contributed by atoms with Gasteiger partial charge in [0.25, 0.3) is 0 Å². The van der Waals surface area contributed by atoms with E-state index in [1.54, 1.807) is 39.8 Å². The minimum absolute atomic E-state index is 0.206. The highest BCUT2D eigenvalue weighted by molar-refractivity contribution is 5.52. The molecule has 1 aromatic heterocycles. The fourth-order valence-corrected chi connectivity index (χ4v) is 2.23. The first-order valence-corrected chi connectivity index (χ1v) is 6.64. The first kappa shape index (κ1) is 15.1. The van der Waals surface area contributed by atoms with E-state index in [0.717, 1.165) is 11.1 Å². The summed E-state index contributed by atoms with van der Waals surface area (Å²) in [5, 5.41) is 0. The lowest BCUT2D eigenvalue weighted by atomic mass is 9.99. The van der Waals surface area contributed by atoms with E-state index in [2.05, 4.69) is 4.98 Å². The van der Waals surface area contributed by atoms with E-state index in [-0.39, 0.29) is 6.04 Å². The SMILES string of the molecule is COc1cc(OC)c(C(N)Cc2ccncc2)cc1OC. The summed E-state index contributed by atoms with van der Waals surface area (Å²) in [6, 6.07) is 7.35. The molecule has 0 aliphatic rings. The van der Waals surface area contributed by atoms with Crippen molar-refractivity contribution in [2.24, 2.45) is 5.73 Å². The largest absolute Gasteiger partial charge is 0.496 e. The van der Waals surface area contributed by atoms with Crippen LogP contribution >= 0.6 is 0 Å². The summed E-state index contributed by atoms with van der Waals surface area (Å²) in [6.45, 7) is 0. The summed E-state index contributed by atoms with van der Waals surface area (Å²) >= 11 is 0. The van der Waals surface area contributed by atoms with Crippen molar-refractivity contribution in [3.05, 3.63) is 47.8 Å². The standard InChI is InChI=1S/C16H20N2O3/c1-19-14-10-16(21-3)15(20-2)9-12(14)13(17)8-11-4-6-18-7-5-11/h4-7,9-10,13H,8,17H2,1-3H3. The van der Waals surface area contributed by atoms with Crippen molar-refractivity contribution in [2.45, 2.75) is 12.5 Å². The van der Waals surface area contributed by atoms with Gasteiger partial charge in [-0.1, -0.05) is 0 Å². The van der Waals surface area contributed by atoms with Crippen LogP contribution in [0.2, 0.25) is 0 Å². The first-order chi connectivity index (χ1) is 10.2. The van der Waals surface area contributed by atoms with Gasteiger partial charge in [0.15, 0.2) is 11.5 Å². The summed E-state index contributed by atoms with van der Waals surface area (Å²) in [6.07, 6.45) is 4.20. The van der Waals surface area contributed by atoms with Gasteiger partial charge in [0.2, 0.25) is 0 Å². The lowest BCUT2D eigenvalue weighted by Crippen LogP contribution is -2.15. The predicted octanol–water partition coefficient (Wildman–Crippen LogP) is 2.35. The molecule has 21 heavy (non-hydrogen) atoms. The van der Waals surface area contributed by atoms with Gasteiger partial charge < -0.3 is 19.9 Å². The third-order valence-corrected chi connectivity index (χ3v) is 3.34. The van der Waals surface area contributed by atoms with Crippen LogP contribution in [0.1, 0.15) is 17.2 Å². The Kier molecular flexibility index (Phi) is 5.00. The molecule has 1 heterocycles. The second-order valence-electron chi connectivity index (χ2n) is 4.62. The summed E-state index contributed by atoms with van der Waals surface area (Å²) < 4.78 is 16.0. The second-order valence-corrected chi connectivity index (χ2v) is 4.62. The zero-order valence-electron chi connectivity index (χ0n) is 12.5. The van der Waals surface area contributed by atoms with Crippen LogP contribution in [-0.2, 0) is 6.42 Å². The molecule has 2 rings (SSSR count). The van der Waals surface area contributed by atoms with Gasteiger partial charge in [-0.2, -0.15) is 0 Å². The topological polar surface area (TPSA) is 66.6 Å². The highest BCUT2D eigenvalue weighted by Crippen LogP contribution is 2.37. The van der Waals surface area contributed by atoms with E-state index in [1.807, 2.05) is 18.2 Å². The number of hydrogen-bond donors (Lipinski definition) is 1. The van der Waals surface area contributed by atoms with Gasteiger partial charge >= 0.3 is 0 Å². The molecule has 2 aromatic rings. The summed E-state index contributed by atoms with van der Waals surface area (Å²) in [4.78, 5) is 4.01. The van der Waals surface area contributed by atoms with Crippen molar-refractivity contribution >= 4 is 0 Å². The maximum atomic E-state index is 6.32. The van der Waals surface area contributed by atoms with Crippen molar-refractivity contribution in [2.75, 3.05) is 21.3 Å². The number of ether oxygens (including phenoxy) is 3. The molecule has 5 heteroatoms. The van der Waals surface area contributed by atoms with Crippen molar-refractivity contribution in [1.29, 1.82) is 0 Å². The summed E-state index contributed by atoms with van der Waals surface area (Å²) in [7, 11) is 4.81. The molecule has 0 aliphatic heterocycles. The van der Waals surface area contributed by atoms with Crippen molar-refractivity contribution in [1.82, 2.24) is 4.98 Å². The fourth-order valence-electron chi connectivity index (χ4n) is 2.23. The minimum Gasteiger partial charge on any atom is -0.496 e. The van der Waals surface area contributed by atoms with Gasteiger partial charge in [-0.05, 0) is 30.2 Å². The Morgan fingerprint density at radius 1 is 0.952 bits per heavy atom. The average Bonchev–Trinajstić information content (AvgIpc) is 2.54. The third kappa shape index (κ3) is 3.44. The highest BCUT2D eigenvalue weighted by atomic mass is 16.5. The molecule has 0 saturated carbocycles. The van der Waals surface area contributed by atoms with Gasteiger partial charge in [0.05, 0.1) is 21.3 Å². The van der Waals surface area contributed by atoms with E-state index < -0.39 is 0 Å². The molecule has 5 nitrogen and oxygen atoms in total. The van der Waals surface area contributed by atoms with Crippen LogP contribution in [0.15, 0.2) is 36.7 Å². The Balaban J connectivity index is 2.33. The van der Waals surface area contributed by atoms with Crippen LogP contribution in [0, 0.1) is 0 Å². The van der Waals surface area contributed by atoms with Crippen LogP contribution in [0.4, 0.5) is 0 Å². The van der Waals surface area contributed by atoms with E-state index in [1.165, 1.54) is 0 Å². The molecule has 0 aliphatic carbocycles. The van der Waals surface area contributed by atoms with E-state index in [9.17, 15) is 0 Å². The van der Waals surface area contributed by atoms with E-state index in [0.29, 0.717) is 23.7 Å². The number of methoxy groups -OCH3 is 3. The smallest absolute Gasteiger partial charge is 0.164 e. The van der Waals surface area contributed by atoms with Crippen LogP contribution in [0.3, 0.4) is 0 Å². The Morgan fingerprint density at radius 2 is 1.52 bits per heavy atom. The Hall–Kier alpha value is -2.27. The Labute approximate surface area is 124 Å². The molecule has 112 valence electrons. The van der Waals surface area contributed by atoms with Crippen molar-refractivity contribution in [3.63, 3.8) is 0 Å². The number of pyridine rings is 1. The molecule has 1 unspecified atom stereocenters. The monoisotopic (exact) mass is 288 g/mol. The summed E-state index contributed by atoms with van der Waals surface area (Å²) in [5.41, 5.74) is 8.32. The predicted molar refractivity (Wildman–Crippen MR) is 81.0 cm³/mol. The molecule has 1 atom stereocenters. The molecule has 0 saturated heterocycles. The van der Waals surface area contributed by atoms with E-state index >= 15 is 0 Å². The van der Waals surface area contributed by atoms with E-state index in [4.69, 9.17) is 19.9 Å². The normalized spacial score (nSPS) is 11.8. The first-order valence-electron chi connectivity index (χ1n) is 6.64. The molecular formula is C16H20N2O3. The molecule has 0 spiro atoms. The fraction of sp³-hybridized carbons (Fsp3) is 0.312. The Morgan fingerprint density at radius 3 is 2.10 bits per heavy atom. The van der Waals surface area contributed by atoms with Crippen LogP contribution in [0.5, 0.6) is 17.2 Å². The zero-order chi connectivity index (χ0) is 15.2. The quantitative estimate of drug-likeness (QED) is 0.883. The maximum absolute atomic E-state index is 6.32. The van der Waals surface area contributed by atoms with Gasteiger partial charge in [-0.3, -0.25) is 4.98 Å². The number of aromatic nitrogens is 1. The minimum atomic E-state index is -0.206. The van der Waals surface area contributed by atoms with Crippen LogP contribution in [-0.4, -0.2) is 26.3 Å². The molecule has 2 N–H and O–H groups in total. The Bertz CT molecular complexity index is 588. The highest BCUT2D eigenvalue weighted by Gasteiger charge is 2.17. The number of benzene rings is 1. The molecular weight excluding hydrogens is 268 g/mol. The number of hydrogen-bond acceptors (Lipinski definition) is 5. The van der Waals surface area contributed by atoms with Gasteiger partial charge in [-0.15, -0.1) is 0 Å². The number of nitrogens with zero attached hydrogens (tertiary/aromatic N) is 1. The maximum Gasteiger partial charge on any atom is 0.164 e. The van der Waals surface area contributed by atoms with Crippen molar-refractivity contribution < 1.29 is 14.2 Å². The lowest BCUT2D eigenvalue weighted by molar-refractivity contribution is 0.346. The van der Waals surface area contributed by atoms with Crippen LogP contribution in [0.25, 0.3) is 0 Å². The zero-order valence-corrected chi connectivity index (χ0v) is 12.5. The molecule has 0 amide bonds. The second kappa shape index (κ2) is 6.95.